The maximum Gasteiger partial charge on any atom is 0.277 e. The van der Waals surface area contributed by atoms with E-state index in [1.807, 2.05) is 56.3 Å². The molecule has 0 radical (unpaired) electrons. The van der Waals surface area contributed by atoms with Gasteiger partial charge in [-0.2, -0.15) is 5.10 Å². The Morgan fingerprint density at radius 1 is 1.21 bits per heavy atom. The van der Waals surface area contributed by atoms with Gasteiger partial charge in [0.25, 0.3) is 5.91 Å². The first-order valence-corrected chi connectivity index (χ1v) is 8.32. The quantitative estimate of drug-likeness (QED) is 0.579. The summed E-state index contributed by atoms with van der Waals surface area (Å²) in [6.07, 6.45) is 1.55. The fourth-order valence-electron chi connectivity index (χ4n) is 1.95. The van der Waals surface area contributed by atoms with Crippen LogP contribution in [0.4, 0.5) is 0 Å². The van der Waals surface area contributed by atoms with Gasteiger partial charge < -0.3 is 9.47 Å². The third-order valence-electron chi connectivity index (χ3n) is 3.06. The third kappa shape index (κ3) is 5.38. The standard InChI is InChI=1S/C18H19BrN2O3/c1-3-23-16-7-5-4-6-14(16)11-20-21-18(22)12-24-17-9-8-13(2)10-15(17)19/h4-11H,3,12H2,1-2H3,(H,21,22). The van der Waals surface area contributed by atoms with Crippen LogP contribution in [0, 0.1) is 6.92 Å². The molecule has 2 aromatic carbocycles. The van der Waals surface area contributed by atoms with E-state index in [-0.39, 0.29) is 12.5 Å². The fraction of sp³-hybridized carbons (Fsp3) is 0.222. The van der Waals surface area contributed by atoms with Crippen LogP contribution in [-0.2, 0) is 4.79 Å². The van der Waals surface area contributed by atoms with Crippen molar-refractivity contribution in [3.63, 3.8) is 0 Å². The number of rotatable bonds is 7. The van der Waals surface area contributed by atoms with Crippen LogP contribution in [0.3, 0.4) is 0 Å². The topological polar surface area (TPSA) is 59.9 Å². The summed E-state index contributed by atoms with van der Waals surface area (Å²) < 4.78 is 11.8. The molecule has 5 nitrogen and oxygen atoms in total. The van der Waals surface area contributed by atoms with Gasteiger partial charge in [-0.15, -0.1) is 0 Å². The maximum absolute atomic E-state index is 11.8. The molecule has 0 saturated carbocycles. The molecule has 0 heterocycles. The van der Waals surface area contributed by atoms with Crippen molar-refractivity contribution in [3.8, 4) is 11.5 Å². The molecule has 6 heteroatoms. The number of carbonyl (C=O) groups excluding carboxylic acids is 1. The van der Waals surface area contributed by atoms with Gasteiger partial charge in [0.2, 0.25) is 0 Å². The van der Waals surface area contributed by atoms with E-state index in [9.17, 15) is 4.79 Å². The van der Waals surface area contributed by atoms with Crippen LogP contribution in [0.15, 0.2) is 52.0 Å². The maximum atomic E-state index is 11.8. The molecule has 0 aliphatic rings. The minimum Gasteiger partial charge on any atom is -0.493 e. The van der Waals surface area contributed by atoms with E-state index in [4.69, 9.17) is 9.47 Å². The number of nitrogens with zero attached hydrogens (tertiary/aromatic N) is 1. The van der Waals surface area contributed by atoms with Crippen molar-refractivity contribution >= 4 is 28.1 Å². The summed E-state index contributed by atoms with van der Waals surface area (Å²) in [5.41, 5.74) is 4.34. The van der Waals surface area contributed by atoms with Crippen molar-refractivity contribution < 1.29 is 14.3 Å². The Balaban J connectivity index is 1.87. The lowest BCUT2D eigenvalue weighted by Gasteiger charge is -2.08. The summed E-state index contributed by atoms with van der Waals surface area (Å²) in [6, 6.07) is 13.1. The lowest BCUT2D eigenvalue weighted by Crippen LogP contribution is -2.24. The van der Waals surface area contributed by atoms with Crippen molar-refractivity contribution in [1.82, 2.24) is 5.43 Å². The van der Waals surface area contributed by atoms with Gasteiger partial charge >= 0.3 is 0 Å². The minimum atomic E-state index is -0.340. The third-order valence-corrected chi connectivity index (χ3v) is 3.68. The molecule has 0 unspecified atom stereocenters. The Kier molecular flexibility index (Phi) is 6.81. The van der Waals surface area contributed by atoms with Crippen LogP contribution in [0.2, 0.25) is 0 Å². The molecule has 0 spiro atoms. The van der Waals surface area contributed by atoms with E-state index in [1.165, 1.54) is 0 Å². The Morgan fingerprint density at radius 2 is 2.00 bits per heavy atom. The van der Waals surface area contributed by atoms with Crippen LogP contribution in [0.5, 0.6) is 11.5 Å². The number of para-hydroxylation sites is 1. The number of aryl methyl sites for hydroxylation is 1. The van der Waals surface area contributed by atoms with Crippen LogP contribution in [0.25, 0.3) is 0 Å². The van der Waals surface area contributed by atoms with Gasteiger partial charge in [-0.1, -0.05) is 18.2 Å². The van der Waals surface area contributed by atoms with Gasteiger partial charge in [0, 0.05) is 5.56 Å². The molecule has 126 valence electrons. The van der Waals surface area contributed by atoms with E-state index < -0.39 is 0 Å². The van der Waals surface area contributed by atoms with E-state index in [1.54, 1.807) is 6.21 Å². The van der Waals surface area contributed by atoms with E-state index in [0.29, 0.717) is 12.4 Å². The van der Waals surface area contributed by atoms with E-state index >= 15 is 0 Å². The summed E-state index contributed by atoms with van der Waals surface area (Å²) in [5, 5.41) is 3.94. The second kappa shape index (κ2) is 9.08. The van der Waals surface area contributed by atoms with Gasteiger partial charge in [0.15, 0.2) is 6.61 Å². The first kappa shape index (κ1) is 18.0. The van der Waals surface area contributed by atoms with Gasteiger partial charge in [0.05, 0.1) is 17.3 Å². The highest BCUT2D eigenvalue weighted by Gasteiger charge is 2.05. The average Bonchev–Trinajstić information content (AvgIpc) is 2.56. The molecule has 0 aliphatic heterocycles. The Labute approximate surface area is 149 Å². The number of amides is 1. The molecule has 2 aromatic rings. The zero-order valence-corrected chi connectivity index (χ0v) is 15.2. The molecular weight excluding hydrogens is 372 g/mol. The summed E-state index contributed by atoms with van der Waals surface area (Å²) >= 11 is 3.40. The zero-order valence-electron chi connectivity index (χ0n) is 13.6. The Bertz CT molecular complexity index is 732. The van der Waals surface area contributed by atoms with E-state index in [0.717, 1.165) is 21.3 Å². The average molecular weight is 391 g/mol. The highest BCUT2D eigenvalue weighted by atomic mass is 79.9. The van der Waals surface area contributed by atoms with Gasteiger partial charge in [-0.3, -0.25) is 4.79 Å². The first-order valence-electron chi connectivity index (χ1n) is 7.53. The normalized spacial score (nSPS) is 10.6. The molecule has 0 bridgehead atoms. The molecule has 0 fully saturated rings. The smallest absolute Gasteiger partial charge is 0.277 e. The molecular formula is C18H19BrN2O3. The van der Waals surface area contributed by atoms with Crippen LogP contribution in [-0.4, -0.2) is 25.3 Å². The Hall–Kier alpha value is -2.34. The molecule has 0 atom stereocenters. The monoisotopic (exact) mass is 390 g/mol. The Morgan fingerprint density at radius 3 is 2.75 bits per heavy atom. The predicted octanol–water partition coefficient (Wildman–Crippen LogP) is 3.69. The largest absolute Gasteiger partial charge is 0.493 e. The summed E-state index contributed by atoms with van der Waals surface area (Å²) in [5.74, 6) is 0.992. The molecule has 1 N–H and O–H groups in total. The molecule has 0 saturated heterocycles. The number of hydrogen-bond donors (Lipinski definition) is 1. The number of benzene rings is 2. The number of hydrogen-bond acceptors (Lipinski definition) is 4. The highest BCUT2D eigenvalue weighted by Crippen LogP contribution is 2.25. The van der Waals surface area contributed by atoms with Crippen LogP contribution < -0.4 is 14.9 Å². The lowest BCUT2D eigenvalue weighted by molar-refractivity contribution is -0.123. The number of hydrazone groups is 1. The second-order valence-electron chi connectivity index (χ2n) is 4.99. The van der Waals surface area contributed by atoms with Crippen LogP contribution in [0.1, 0.15) is 18.1 Å². The summed E-state index contributed by atoms with van der Waals surface area (Å²) in [6.45, 7) is 4.34. The van der Waals surface area contributed by atoms with Gasteiger partial charge in [-0.25, -0.2) is 5.43 Å². The highest BCUT2D eigenvalue weighted by molar-refractivity contribution is 9.10. The van der Waals surface area contributed by atoms with Crippen molar-refractivity contribution in [2.45, 2.75) is 13.8 Å². The number of carbonyl (C=O) groups is 1. The molecule has 1 amide bonds. The number of ether oxygens (including phenoxy) is 2. The molecule has 0 aromatic heterocycles. The molecule has 2 rings (SSSR count). The van der Waals surface area contributed by atoms with Gasteiger partial charge in [-0.05, 0) is 59.6 Å². The number of nitrogens with one attached hydrogen (secondary N) is 1. The SMILES string of the molecule is CCOc1ccccc1C=NNC(=O)COc1ccc(C)cc1Br. The fourth-order valence-corrected chi connectivity index (χ4v) is 2.55. The van der Waals surface area contributed by atoms with E-state index in [2.05, 4.69) is 26.5 Å². The first-order chi connectivity index (χ1) is 11.6. The van der Waals surface area contributed by atoms with Crippen molar-refractivity contribution in [2.75, 3.05) is 13.2 Å². The lowest BCUT2D eigenvalue weighted by atomic mass is 10.2. The van der Waals surface area contributed by atoms with Crippen molar-refractivity contribution in [3.05, 3.63) is 58.1 Å². The number of halogens is 1. The van der Waals surface area contributed by atoms with Gasteiger partial charge in [0.1, 0.15) is 11.5 Å². The summed E-state index contributed by atoms with van der Waals surface area (Å²) in [4.78, 5) is 11.8. The molecule has 24 heavy (non-hydrogen) atoms. The summed E-state index contributed by atoms with van der Waals surface area (Å²) in [7, 11) is 0. The van der Waals surface area contributed by atoms with Crippen LogP contribution >= 0.6 is 15.9 Å². The minimum absolute atomic E-state index is 0.119. The molecule has 0 aliphatic carbocycles. The second-order valence-corrected chi connectivity index (χ2v) is 5.84. The predicted molar refractivity (Wildman–Crippen MR) is 97.7 cm³/mol. The zero-order chi connectivity index (χ0) is 17.4. The van der Waals surface area contributed by atoms with Crippen molar-refractivity contribution in [2.24, 2.45) is 5.10 Å². The van der Waals surface area contributed by atoms with Crippen molar-refractivity contribution in [1.29, 1.82) is 0 Å².